The minimum absolute atomic E-state index is 0.0410. The van der Waals surface area contributed by atoms with E-state index in [9.17, 15) is 8.42 Å². The summed E-state index contributed by atoms with van der Waals surface area (Å²) in [5, 5.41) is 0. The SMILES string of the molecule is COCCCS(=O)(=O)Cc1cc2nc(C)nc(N3CCOCC3)c2s1. The zero-order chi connectivity index (χ0) is 17.9. The Morgan fingerprint density at radius 3 is 2.80 bits per heavy atom. The molecule has 7 nitrogen and oxygen atoms in total. The third-order valence-electron chi connectivity index (χ3n) is 3.99. The number of fused-ring (bicyclic) bond motifs is 1. The fourth-order valence-electron chi connectivity index (χ4n) is 2.85. The van der Waals surface area contributed by atoms with Gasteiger partial charge in [0.1, 0.15) is 5.82 Å². The lowest BCUT2D eigenvalue weighted by Crippen LogP contribution is -2.36. The maximum atomic E-state index is 12.3. The highest BCUT2D eigenvalue weighted by Gasteiger charge is 2.20. The van der Waals surface area contributed by atoms with Crippen molar-refractivity contribution in [3.8, 4) is 0 Å². The fourth-order valence-corrected chi connectivity index (χ4v) is 5.75. The molecule has 138 valence electrons. The van der Waals surface area contributed by atoms with Gasteiger partial charge in [0.15, 0.2) is 15.7 Å². The molecule has 3 rings (SSSR count). The molecular weight excluding hydrogens is 362 g/mol. The van der Waals surface area contributed by atoms with Gasteiger partial charge in [0, 0.05) is 31.7 Å². The predicted molar refractivity (Wildman–Crippen MR) is 99.2 cm³/mol. The maximum absolute atomic E-state index is 12.3. The molecule has 2 aromatic rings. The van der Waals surface area contributed by atoms with Crippen LogP contribution in [0.5, 0.6) is 0 Å². The van der Waals surface area contributed by atoms with Gasteiger partial charge in [-0.3, -0.25) is 0 Å². The molecule has 0 N–H and O–H groups in total. The normalized spacial score (nSPS) is 15.8. The maximum Gasteiger partial charge on any atom is 0.155 e. The molecule has 0 aromatic carbocycles. The summed E-state index contributed by atoms with van der Waals surface area (Å²) in [6, 6.07) is 1.88. The first-order valence-electron chi connectivity index (χ1n) is 8.27. The summed E-state index contributed by atoms with van der Waals surface area (Å²) in [5.41, 5.74) is 0.820. The van der Waals surface area contributed by atoms with Crippen molar-refractivity contribution in [3.05, 3.63) is 16.8 Å². The number of ether oxygens (including phenoxy) is 2. The highest BCUT2D eigenvalue weighted by Crippen LogP contribution is 2.33. The van der Waals surface area contributed by atoms with Gasteiger partial charge in [0.05, 0.1) is 34.9 Å². The number of morpholine rings is 1. The number of hydrogen-bond acceptors (Lipinski definition) is 8. The molecule has 0 aliphatic carbocycles. The average molecular weight is 386 g/mol. The van der Waals surface area contributed by atoms with Gasteiger partial charge in [-0.05, 0) is 19.4 Å². The molecule has 0 atom stereocenters. The molecule has 3 heterocycles. The van der Waals surface area contributed by atoms with E-state index in [2.05, 4.69) is 14.9 Å². The molecule has 2 aromatic heterocycles. The van der Waals surface area contributed by atoms with E-state index in [1.807, 2.05) is 13.0 Å². The molecule has 0 radical (unpaired) electrons. The molecule has 0 saturated carbocycles. The number of sulfone groups is 1. The Hall–Kier alpha value is -1.29. The molecule has 0 unspecified atom stereocenters. The Morgan fingerprint density at radius 2 is 2.08 bits per heavy atom. The highest BCUT2D eigenvalue weighted by atomic mass is 32.2. The summed E-state index contributed by atoms with van der Waals surface area (Å²) in [5.74, 6) is 1.76. The molecular formula is C16H23N3O4S2. The summed E-state index contributed by atoms with van der Waals surface area (Å²) < 4.78 is 35.9. The Balaban J connectivity index is 1.86. The van der Waals surface area contributed by atoms with E-state index in [1.165, 1.54) is 11.3 Å². The van der Waals surface area contributed by atoms with E-state index in [4.69, 9.17) is 9.47 Å². The zero-order valence-corrected chi connectivity index (χ0v) is 16.2. The van der Waals surface area contributed by atoms with Crippen molar-refractivity contribution in [2.75, 3.05) is 50.7 Å². The molecule has 1 aliphatic rings. The van der Waals surface area contributed by atoms with E-state index in [0.717, 1.165) is 34.0 Å². The van der Waals surface area contributed by atoms with Crippen molar-refractivity contribution >= 4 is 37.2 Å². The number of nitrogens with zero attached hydrogens (tertiary/aromatic N) is 3. The van der Waals surface area contributed by atoms with Gasteiger partial charge < -0.3 is 14.4 Å². The van der Waals surface area contributed by atoms with Crippen molar-refractivity contribution in [1.29, 1.82) is 0 Å². The zero-order valence-electron chi connectivity index (χ0n) is 14.5. The minimum Gasteiger partial charge on any atom is -0.385 e. The lowest BCUT2D eigenvalue weighted by molar-refractivity contribution is 0.122. The van der Waals surface area contributed by atoms with Crippen molar-refractivity contribution < 1.29 is 17.9 Å². The van der Waals surface area contributed by atoms with E-state index in [0.29, 0.717) is 32.1 Å². The first-order valence-corrected chi connectivity index (χ1v) is 10.9. The van der Waals surface area contributed by atoms with Gasteiger partial charge in [-0.15, -0.1) is 11.3 Å². The van der Waals surface area contributed by atoms with Crippen molar-refractivity contribution in [3.63, 3.8) is 0 Å². The van der Waals surface area contributed by atoms with Gasteiger partial charge in [0.25, 0.3) is 0 Å². The van der Waals surface area contributed by atoms with E-state index in [1.54, 1.807) is 7.11 Å². The number of hydrogen-bond donors (Lipinski definition) is 0. The molecule has 0 amide bonds. The van der Waals surface area contributed by atoms with Gasteiger partial charge in [-0.25, -0.2) is 18.4 Å². The van der Waals surface area contributed by atoms with Crippen LogP contribution in [0.2, 0.25) is 0 Å². The van der Waals surface area contributed by atoms with Crippen LogP contribution in [0.4, 0.5) is 5.82 Å². The van der Waals surface area contributed by atoms with E-state index in [-0.39, 0.29) is 11.5 Å². The molecule has 0 bridgehead atoms. The van der Waals surface area contributed by atoms with Crippen LogP contribution < -0.4 is 4.90 Å². The average Bonchev–Trinajstić information content (AvgIpc) is 2.96. The van der Waals surface area contributed by atoms with Crippen LogP contribution >= 0.6 is 11.3 Å². The van der Waals surface area contributed by atoms with Crippen LogP contribution in [0.1, 0.15) is 17.1 Å². The topological polar surface area (TPSA) is 81.6 Å². The van der Waals surface area contributed by atoms with Gasteiger partial charge in [0.2, 0.25) is 0 Å². The second-order valence-corrected chi connectivity index (χ2v) is 9.38. The quantitative estimate of drug-likeness (QED) is 0.672. The second-order valence-electron chi connectivity index (χ2n) is 6.06. The third-order valence-corrected chi connectivity index (χ3v) is 6.96. The smallest absolute Gasteiger partial charge is 0.155 e. The molecule has 25 heavy (non-hydrogen) atoms. The number of anilines is 1. The first-order chi connectivity index (χ1) is 12.0. The Kier molecular flexibility index (Phi) is 5.88. The van der Waals surface area contributed by atoms with Gasteiger partial charge >= 0.3 is 0 Å². The standard InChI is InChI=1S/C16H23N3O4S2/c1-12-17-14-10-13(11-25(20,21)9-3-6-22-2)24-15(14)16(18-12)19-4-7-23-8-5-19/h10H,3-9,11H2,1-2H3. The summed E-state index contributed by atoms with van der Waals surface area (Å²) in [6.45, 7) is 5.25. The largest absolute Gasteiger partial charge is 0.385 e. The first kappa shape index (κ1) is 18.5. The summed E-state index contributed by atoms with van der Waals surface area (Å²) in [4.78, 5) is 12.1. The monoisotopic (exact) mass is 385 g/mol. The second kappa shape index (κ2) is 7.94. The summed E-state index contributed by atoms with van der Waals surface area (Å²) >= 11 is 1.47. The Morgan fingerprint density at radius 1 is 1.32 bits per heavy atom. The van der Waals surface area contributed by atoms with Crippen molar-refractivity contribution in [2.24, 2.45) is 0 Å². The van der Waals surface area contributed by atoms with Crippen LogP contribution in [0, 0.1) is 6.92 Å². The Bertz CT molecular complexity index is 829. The van der Waals surface area contributed by atoms with Gasteiger partial charge in [-0.2, -0.15) is 0 Å². The van der Waals surface area contributed by atoms with E-state index < -0.39 is 9.84 Å². The summed E-state index contributed by atoms with van der Waals surface area (Å²) in [7, 11) is -1.58. The number of thiophene rings is 1. The van der Waals surface area contributed by atoms with Crippen molar-refractivity contribution in [2.45, 2.75) is 19.1 Å². The number of aromatic nitrogens is 2. The molecule has 1 aliphatic heterocycles. The van der Waals surface area contributed by atoms with Crippen LogP contribution in [-0.4, -0.2) is 64.2 Å². The Labute approximate surface area is 151 Å². The lowest BCUT2D eigenvalue weighted by atomic mass is 10.3. The van der Waals surface area contributed by atoms with Crippen LogP contribution in [-0.2, 0) is 25.1 Å². The van der Waals surface area contributed by atoms with Crippen LogP contribution in [0.25, 0.3) is 10.2 Å². The fraction of sp³-hybridized carbons (Fsp3) is 0.625. The number of aryl methyl sites for hydroxylation is 1. The van der Waals surface area contributed by atoms with E-state index >= 15 is 0 Å². The lowest BCUT2D eigenvalue weighted by Gasteiger charge is -2.28. The van der Waals surface area contributed by atoms with Gasteiger partial charge in [-0.1, -0.05) is 0 Å². The number of methoxy groups -OCH3 is 1. The number of rotatable bonds is 7. The third kappa shape index (κ3) is 4.66. The van der Waals surface area contributed by atoms with Crippen molar-refractivity contribution in [1.82, 2.24) is 9.97 Å². The molecule has 1 saturated heterocycles. The summed E-state index contributed by atoms with van der Waals surface area (Å²) in [6.07, 6.45) is 0.516. The highest BCUT2D eigenvalue weighted by molar-refractivity contribution is 7.90. The molecule has 0 spiro atoms. The predicted octanol–water partition coefficient (Wildman–Crippen LogP) is 1.79. The van der Waals surface area contributed by atoms with Crippen LogP contribution in [0.15, 0.2) is 6.07 Å². The molecule has 1 fully saturated rings. The van der Waals surface area contributed by atoms with Crippen LogP contribution in [0.3, 0.4) is 0 Å². The minimum atomic E-state index is -3.15. The molecule has 9 heteroatoms.